The van der Waals surface area contributed by atoms with Gasteiger partial charge >= 0.3 is 5.97 Å². The van der Waals surface area contributed by atoms with E-state index < -0.39 is 17.3 Å². The summed E-state index contributed by atoms with van der Waals surface area (Å²) in [5.41, 5.74) is -0.187. The Hall–Kier alpha value is -1.95. The fourth-order valence-electron chi connectivity index (χ4n) is 1.96. The number of hydrogen-bond donors (Lipinski definition) is 1. The fourth-order valence-corrected chi connectivity index (χ4v) is 2.35. The molecule has 6 heteroatoms. The molecule has 0 saturated heterocycles. The number of carbonyl (C=O) groups excluding carboxylic acids is 1. The zero-order valence-corrected chi connectivity index (χ0v) is 13.1. The summed E-state index contributed by atoms with van der Waals surface area (Å²) in [5, 5.41) is 3.09. The van der Waals surface area contributed by atoms with E-state index in [-0.39, 0.29) is 0 Å². The van der Waals surface area contributed by atoms with Crippen molar-refractivity contribution in [2.75, 3.05) is 12.4 Å². The lowest BCUT2D eigenvalue weighted by atomic mass is 9.93. The topological polar surface area (TPSA) is 51.2 Å². The molecule has 1 N–H and O–H groups in total. The van der Waals surface area contributed by atoms with Gasteiger partial charge < -0.3 is 10.1 Å². The van der Waals surface area contributed by atoms with Gasteiger partial charge in [-0.3, -0.25) is 4.98 Å². The number of rotatable bonds is 4. The molecule has 0 aliphatic rings. The molecule has 1 unspecified atom stereocenters. The summed E-state index contributed by atoms with van der Waals surface area (Å²) >= 11 is 3.40. The molecular weight excluding hydrogens is 339 g/mol. The molecule has 0 amide bonds. The summed E-state index contributed by atoms with van der Waals surface area (Å²) in [4.78, 5) is 16.0. The lowest BCUT2D eigenvalue weighted by Gasteiger charge is -2.29. The summed E-state index contributed by atoms with van der Waals surface area (Å²) in [6.45, 7) is 1.62. The molecule has 0 fully saturated rings. The summed E-state index contributed by atoms with van der Waals surface area (Å²) in [7, 11) is 1.29. The first-order valence-electron chi connectivity index (χ1n) is 6.19. The number of hydrogen-bond acceptors (Lipinski definition) is 4. The zero-order valence-electron chi connectivity index (χ0n) is 11.6. The minimum atomic E-state index is -1.26. The van der Waals surface area contributed by atoms with E-state index in [2.05, 4.69) is 26.2 Å². The second-order valence-electron chi connectivity index (χ2n) is 4.61. The van der Waals surface area contributed by atoms with Crippen molar-refractivity contribution in [2.45, 2.75) is 12.5 Å². The predicted molar refractivity (Wildman–Crippen MR) is 81.3 cm³/mol. The molecular formula is C15H14BrFN2O2. The number of carbonyl (C=O) groups is 1. The van der Waals surface area contributed by atoms with Gasteiger partial charge in [0.15, 0.2) is 5.54 Å². The van der Waals surface area contributed by atoms with E-state index in [0.717, 1.165) is 10.7 Å². The number of aromatic nitrogens is 1. The maximum atomic E-state index is 13.4. The van der Waals surface area contributed by atoms with Gasteiger partial charge in [-0.05, 0) is 41.1 Å². The normalized spacial score (nSPS) is 13.3. The van der Waals surface area contributed by atoms with E-state index in [4.69, 9.17) is 4.74 Å². The molecule has 0 saturated carbocycles. The molecule has 0 spiro atoms. The van der Waals surface area contributed by atoms with Gasteiger partial charge in [-0.2, -0.15) is 0 Å². The molecule has 4 nitrogen and oxygen atoms in total. The maximum absolute atomic E-state index is 13.4. The van der Waals surface area contributed by atoms with E-state index in [1.165, 1.54) is 19.4 Å². The fraction of sp³-hybridized carbons (Fsp3) is 0.200. The molecule has 2 aromatic rings. The highest BCUT2D eigenvalue weighted by molar-refractivity contribution is 9.10. The molecule has 0 radical (unpaired) electrons. The first kappa shape index (κ1) is 15.4. The Bertz CT molecular complexity index is 666. The Labute approximate surface area is 130 Å². The van der Waals surface area contributed by atoms with Crippen molar-refractivity contribution in [1.29, 1.82) is 0 Å². The number of halogens is 2. The molecule has 0 aliphatic carbocycles. The predicted octanol–water partition coefficient (Wildman–Crippen LogP) is 3.48. The van der Waals surface area contributed by atoms with Crippen LogP contribution in [0, 0.1) is 5.82 Å². The van der Waals surface area contributed by atoms with E-state index in [1.807, 2.05) is 18.2 Å². The highest BCUT2D eigenvalue weighted by Gasteiger charge is 2.37. The standard InChI is InChI=1S/C15H14BrFN2O2/c1-15(14(20)21-2,10-7-11(17)9-18-8-10)19-13-6-4-3-5-12(13)16/h3-9,19H,1-2H3. The highest BCUT2D eigenvalue weighted by Crippen LogP contribution is 2.31. The lowest BCUT2D eigenvalue weighted by molar-refractivity contribution is -0.145. The van der Waals surface area contributed by atoms with E-state index in [0.29, 0.717) is 11.3 Å². The van der Waals surface area contributed by atoms with Crippen molar-refractivity contribution in [3.8, 4) is 0 Å². The molecule has 1 aromatic heterocycles. The van der Waals surface area contributed by atoms with E-state index in [1.54, 1.807) is 13.0 Å². The van der Waals surface area contributed by atoms with Crippen LogP contribution in [-0.2, 0) is 15.1 Å². The van der Waals surface area contributed by atoms with Gasteiger partial charge in [0.1, 0.15) is 5.82 Å². The van der Waals surface area contributed by atoms with Crippen LogP contribution in [0.2, 0.25) is 0 Å². The quantitative estimate of drug-likeness (QED) is 0.855. The smallest absolute Gasteiger partial charge is 0.335 e. The van der Waals surface area contributed by atoms with Gasteiger partial charge in [-0.25, -0.2) is 9.18 Å². The second-order valence-corrected chi connectivity index (χ2v) is 5.47. The van der Waals surface area contributed by atoms with Crippen LogP contribution in [0.5, 0.6) is 0 Å². The molecule has 0 bridgehead atoms. The van der Waals surface area contributed by atoms with Gasteiger partial charge in [-0.15, -0.1) is 0 Å². The average molecular weight is 353 g/mol. The van der Waals surface area contributed by atoms with Crippen LogP contribution < -0.4 is 5.32 Å². The number of pyridine rings is 1. The molecule has 1 atom stereocenters. The van der Waals surface area contributed by atoms with Crippen LogP contribution in [0.25, 0.3) is 0 Å². The maximum Gasteiger partial charge on any atom is 0.335 e. The highest BCUT2D eigenvalue weighted by atomic mass is 79.9. The number of benzene rings is 1. The van der Waals surface area contributed by atoms with Crippen LogP contribution in [0.1, 0.15) is 12.5 Å². The van der Waals surface area contributed by atoms with Crippen molar-refractivity contribution < 1.29 is 13.9 Å². The van der Waals surface area contributed by atoms with Gasteiger partial charge in [0, 0.05) is 21.9 Å². The first-order chi connectivity index (χ1) is 9.97. The van der Waals surface area contributed by atoms with Gasteiger partial charge in [-0.1, -0.05) is 12.1 Å². The van der Waals surface area contributed by atoms with Crippen LogP contribution in [0.3, 0.4) is 0 Å². The van der Waals surface area contributed by atoms with Crippen molar-refractivity contribution in [3.63, 3.8) is 0 Å². The average Bonchev–Trinajstić information content (AvgIpc) is 2.48. The minimum Gasteiger partial charge on any atom is -0.467 e. The number of anilines is 1. The third kappa shape index (κ3) is 3.21. The lowest BCUT2D eigenvalue weighted by Crippen LogP contribution is -2.41. The monoisotopic (exact) mass is 352 g/mol. The largest absolute Gasteiger partial charge is 0.467 e. The van der Waals surface area contributed by atoms with Crippen LogP contribution in [0.4, 0.5) is 10.1 Å². The minimum absolute atomic E-state index is 0.380. The van der Waals surface area contributed by atoms with Crippen LogP contribution in [0.15, 0.2) is 47.2 Å². The second kappa shape index (κ2) is 6.22. The van der Waals surface area contributed by atoms with Crippen molar-refractivity contribution in [2.24, 2.45) is 0 Å². The number of methoxy groups -OCH3 is 1. The Morgan fingerprint density at radius 3 is 2.71 bits per heavy atom. The Morgan fingerprint density at radius 2 is 2.10 bits per heavy atom. The molecule has 1 heterocycles. The van der Waals surface area contributed by atoms with Gasteiger partial charge in [0.05, 0.1) is 13.3 Å². The Morgan fingerprint density at radius 1 is 1.38 bits per heavy atom. The van der Waals surface area contributed by atoms with Crippen molar-refractivity contribution >= 4 is 27.6 Å². The van der Waals surface area contributed by atoms with Crippen molar-refractivity contribution in [1.82, 2.24) is 4.98 Å². The SMILES string of the molecule is COC(=O)C(C)(Nc1ccccc1Br)c1cncc(F)c1. The summed E-state index contributed by atoms with van der Waals surface area (Å²) in [6.07, 6.45) is 2.52. The summed E-state index contributed by atoms with van der Waals surface area (Å²) < 4.78 is 19.1. The number of ether oxygens (including phenoxy) is 1. The number of esters is 1. The molecule has 1 aromatic carbocycles. The van der Waals surface area contributed by atoms with E-state index in [9.17, 15) is 9.18 Å². The van der Waals surface area contributed by atoms with Gasteiger partial charge in [0.2, 0.25) is 0 Å². The summed E-state index contributed by atoms with van der Waals surface area (Å²) in [6, 6.07) is 8.58. The van der Waals surface area contributed by atoms with Crippen LogP contribution in [-0.4, -0.2) is 18.1 Å². The number of para-hydroxylation sites is 1. The Kier molecular flexibility index (Phi) is 4.57. The van der Waals surface area contributed by atoms with Gasteiger partial charge in [0.25, 0.3) is 0 Å². The number of nitrogens with zero attached hydrogens (tertiary/aromatic N) is 1. The Balaban J connectivity index is 2.48. The molecule has 0 aliphatic heterocycles. The van der Waals surface area contributed by atoms with E-state index >= 15 is 0 Å². The van der Waals surface area contributed by atoms with Crippen molar-refractivity contribution in [3.05, 3.63) is 58.6 Å². The third-order valence-corrected chi connectivity index (χ3v) is 3.83. The number of nitrogens with one attached hydrogen (secondary N) is 1. The zero-order chi connectivity index (χ0) is 15.5. The molecule has 2 rings (SSSR count). The first-order valence-corrected chi connectivity index (χ1v) is 6.99. The summed E-state index contributed by atoms with van der Waals surface area (Å²) in [5.74, 6) is -1.05. The molecule has 110 valence electrons. The third-order valence-electron chi connectivity index (χ3n) is 3.13. The van der Waals surface area contributed by atoms with Crippen LogP contribution >= 0.6 is 15.9 Å². The molecule has 21 heavy (non-hydrogen) atoms.